The molecule has 0 amide bonds. The van der Waals surface area contributed by atoms with Crippen molar-refractivity contribution in [1.29, 1.82) is 0 Å². The molecule has 2 aromatic carbocycles. The Balaban J connectivity index is 2.22. The molecule has 1 N–H and O–H groups in total. The van der Waals surface area contributed by atoms with Crippen LogP contribution in [0.3, 0.4) is 0 Å². The van der Waals surface area contributed by atoms with Crippen molar-refractivity contribution < 1.29 is 14.6 Å². The van der Waals surface area contributed by atoms with Gasteiger partial charge in [-0.3, -0.25) is 0 Å². The van der Waals surface area contributed by atoms with E-state index in [1.807, 2.05) is 30.3 Å². The number of aliphatic hydroxyl groups is 1. The summed E-state index contributed by atoms with van der Waals surface area (Å²) in [6, 6.07) is 9.44. The number of hydrogen-bond acceptors (Lipinski definition) is 3. The molecule has 0 saturated heterocycles. The number of ether oxygens (including phenoxy) is 2. The van der Waals surface area contributed by atoms with Crippen molar-refractivity contribution in [3.63, 3.8) is 0 Å². The van der Waals surface area contributed by atoms with Crippen LogP contribution in [0.15, 0.2) is 43.7 Å². The van der Waals surface area contributed by atoms with Gasteiger partial charge in [0.2, 0.25) is 0 Å². The first-order chi connectivity index (χ1) is 10.0. The van der Waals surface area contributed by atoms with Crippen LogP contribution in [0, 0.1) is 0 Å². The minimum absolute atomic E-state index is 0.0169. The van der Waals surface area contributed by atoms with Gasteiger partial charge in [-0.2, -0.15) is 0 Å². The van der Waals surface area contributed by atoms with E-state index >= 15 is 0 Å². The monoisotopic (exact) mass is 478 g/mol. The van der Waals surface area contributed by atoms with Crippen LogP contribution in [0.5, 0.6) is 11.5 Å². The highest BCUT2D eigenvalue weighted by Gasteiger charge is 2.11. The molecule has 2 rings (SSSR count). The molecule has 0 aromatic heterocycles. The normalized spacial score (nSPS) is 10.5. The van der Waals surface area contributed by atoms with Crippen LogP contribution in [0.25, 0.3) is 0 Å². The summed E-state index contributed by atoms with van der Waals surface area (Å²) in [5.74, 6) is 1.46. The smallest absolute Gasteiger partial charge is 0.148 e. The first-order valence-corrected chi connectivity index (χ1v) is 8.47. The quantitative estimate of drug-likeness (QED) is 0.650. The predicted molar refractivity (Wildman–Crippen MR) is 92.8 cm³/mol. The lowest BCUT2D eigenvalue weighted by molar-refractivity contribution is 0.279. The van der Waals surface area contributed by atoms with E-state index in [1.54, 1.807) is 7.11 Å². The number of benzene rings is 2. The summed E-state index contributed by atoms with van der Waals surface area (Å²) in [5.41, 5.74) is 1.75. The van der Waals surface area contributed by atoms with E-state index in [2.05, 4.69) is 47.8 Å². The molecule has 0 aliphatic carbocycles. The summed E-state index contributed by atoms with van der Waals surface area (Å²) in [5, 5.41) is 9.18. The Morgan fingerprint density at radius 1 is 1.05 bits per heavy atom. The van der Waals surface area contributed by atoms with Crippen molar-refractivity contribution in [3.05, 3.63) is 54.9 Å². The predicted octanol–water partition coefficient (Wildman–Crippen LogP) is 5.05. The summed E-state index contributed by atoms with van der Waals surface area (Å²) < 4.78 is 13.7. The van der Waals surface area contributed by atoms with Gasteiger partial charge in [-0.1, -0.05) is 15.9 Å². The SMILES string of the molecule is COc1ccc(Br)cc1COc1c(Br)cc(CO)cc1Br. The third-order valence-corrected chi connectivity index (χ3v) is 4.53. The molecular weight excluding hydrogens is 468 g/mol. The zero-order chi connectivity index (χ0) is 15.4. The molecule has 0 radical (unpaired) electrons. The van der Waals surface area contributed by atoms with Crippen molar-refractivity contribution in [2.45, 2.75) is 13.2 Å². The number of methoxy groups -OCH3 is 1. The third-order valence-electron chi connectivity index (χ3n) is 2.86. The van der Waals surface area contributed by atoms with E-state index in [9.17, 15) is 5.11 Å². The van der Waals surface area contributed by atoms with Gasteiger partial charge in [0.05, 0.1) is 22.7 Å². The minimum Gasteiger partial charge on any atom is -0.496 e. The molecule has 6 heteroatoms. The fourth-order valence-corrected chi connectivity index (χ4v) is 3.77. The fraction of sp³-hybridized carbons (Fsp3) is 0.200. The summed E-state index contributed by atoms with van der Waals surface area (Å²) in [7, 11) is 1.63. The maximum absolute atomic E-state index is 9.18. The number of halogens is 3. The molecule has 21 heavy (non-hydrogen) atoms. The second-order valence-electron chi connectivity index (χ2n) is 4.29. The van der Waals surface area contributed by atoms with Crippen LogP contribution in [-0.4, -0.2) is 12.2 Å². The van der Waals surface area contributed by atoms with E-state index in [4.69, 9.17) is 9.47 Å². The van der Waals surface area contributed by atoms with Crippen LogP contribution >= 0.6 is 47.8 Å². The molecule has 3 nitrogen and oxygen atoms in total. The zero-order valence-electron chi connectivity index (χ0n) is 11.2. The average molecular weight is 481 g/mol. The van der Waals surface area contributed by atoms with Gasteiger partial charge in [0.15, 0.2) is 0 Å². The topological polar surface area (TPSA) is 38.7 Å². The van der Waals surface area contributed by atoms with Crippen molar-refractivity contribution >= 4 is 47.8 Å². The zero-order valence-corrected chi connectivity index (χ0v) is 16.0. The van der Waals surface area contributed by atoms with E-state index < -0.39 is 0 Å². The summed E-state index contributed by atoms with van der Waals surface area (Å²) in [6.45, 7) is 0.356. The molecule has 0 bridgehead atoms. The molecule has 0 unspecified atom stereocenters. The molecule has 0 spiro atoms. The average Bonchev–Trinajstić information content (AvgIpc) is 2.46. The van der Waals surface area contributed by atoms with Crippen molar-refractivity contribution in [3.8, 4) is 11.5 Å². The van der Waals surface area contributed by atoms with Gasteiger partial charge in [-0.25, -0.2) is 0 Å². The Labute approximate surface area is 148 Å². The molecule has 0 heterocycles. The van der Waals surface area contributed by atoms with Crippen LogP contribution in [0.1, 0.15) is 11.1 Å². The third kappa shape index (κ3) is 4.22. The maximum Gasteiger partial charge on any atom is 0.148 e. The van der Waals surface area contributed by atoms with Gasteiger partial charge in [0, 0.05) is 10.0 Å². The molecular formula is C15H13Br3O3. The Bertz CT molecular complexity index is 621. The van der Waals surface area contributed by atoms with Gasteiger partial charge in [0.25, 0.3) is 0 Å². The van der Waals surface area contributed by atoms with Crippen molar-refractivity contribution in [2.24, 2.45) is 0 Å². The first-order valence-electron chi connectivity index (χ1n) is 6.09. The van der Waals surface area contributed by atoms with Crippen LogP contribution < -0.4 is 9.47 Å². The maximum atomic E-state index is 9.18. The van der Waals surface area contributed by atoms with Gasteiger partial charge < -0.3 is 14.6 Å². The first kappa shape index (κ1) is 16.8. The number of hydrogen-bond donors (Lipinski definition) is 1. The minimum atomic E-state index is -0.0169. The van der Waals surface area contributed by atoms with E-state index in [1.165, 1.54) is 0 Å². The lowest BCUT2D eigenvalue weighted by Crippen LogP contribution is -2.00. The largest absolute Gasteiger partial charge is 0.496 e. The van der Waals surface area contributed by atoms with E-state index in [-0.39, 0.29) is 6.61 Å². The highest BCUT2D eigenvalue weighted by atomic mass is 79.9. The molecule has 0 saturated carbocycles. The van der Waals surface area contributed by atoms with Crippen LogP contribution in [-0.2, 0) is 13.2 Å². The Morgan fingerprint density at radius 3 is 2.29 bits per heavy atom. The van der Waals surface area contributed by atoms with Crippen molar-refractivity contribution in [1.82, 2.24) is 0 Å². The van der Waals surface area contributed by atoms with Gasteiger partial charge in [-0.05, 0) is 67.8 Å². The summed E-state index contributed by atoms with van der Waals surface area (Å²) in [4.78, 5) is 0. The number of aliphatic hydroxyl groups excluding tert-OH is 1. The standard InChI is InChI=1S/C15H13Br3O3/c1-20-14-3-2-11(16)6-10(14)8-21-15-12(17)4-9(7-19)5-13(15)18/h2-6,19H,7-8H2,1H3. The molecule has 112 valence electrons. The fourth-order valence-electron chi connectivity index (χ4n) is 1.85. The van der Waals surface area contributed by atoms with Crippen LogP contribution in [0.2, 0.25) is 0 Å². The molecule has 0 aliphatic rings. The van der Waals surface area contributed by atoms with E-state index in [0.717, 1.165) is 30.3 Å². The molecule has 2 aromatic rings. The second-order valence-corrected chi connectivity index (χ2v) is 6.92. The molecule has 0 atom stereocenters. The molecule has 0 fully saturated rings. The van der Waals surface area contributed by atoms with Crippen LogP contribution in [0.4, 0.5) is 0 Å². The lowest BCUT2D eigenvalue weighted by atomic mass is 10.2. The van der Waals surface area contributed by atoms with E-state index in [0.29, 0.717) is 12.4 Å². The highest BCUT2D eigenvalue weighted by Crippen LogP contribution is 2.36. The van der Waals surface area contributed by atoms with Gasteiger partial charge in [0.1, 0.15) is 18.1 Å². The summed E-state index contributed by atoms with van der Waals surface area (Å²) >= 11 is 10.4. The molecule has 0 aliphatic heterocycles. The lowest BCUT2D eigenvalue weighted by Gasteiger charge is -2.14. The van der Waals surface area contributed by atoms with Gasteiger partial charge >= 0.3 is 0 Å². The Hall–Kier alpha value is -0.560. The Morgan fingerprint density at radius 2 is 1.71 bits per heavy atom. The Kier molecular flexibility index (Phi) is 6.10. The van der Waals surface area contributed by atoms with Crippen molar-refractivity contribution in [2.75, 3.05) is 7.11 Å². The number of rotatable bonds is 5. The van der Waals surface area contributed by atoms with Gasteiger partial charge in [-0.15, -0.1) is 0 Å². The highest BCUT2D eigenvalue weighted by molar-refractivity contribution is 9.11. The second kappa shape index (κ2) is 7.63. The summed E-state index contributed by atoms with van der Waals surface area (Å²) in [6.07, 6.45) is 0.